The van der Waals surface area contributed by atoms with Gasteiger partial charge in [0.05, 0.1) is 17.5 Å². The molecule has 0 fully saturated rings. The van der Waals surface area contributed by atoms with E-state index in [1.54, 1.807) is 4.68 Å². The number of benzene rings is 1. The molecule has 1 atom stereocenters. The summed E-state index contributed by atoms with van der Waals surface area (Å²) in [6, 6.07) is 6.22. The van der Waals surface area contributed by atoms with E-state index >= 15 is 0 Å². The first kappa shape index (κ1) is 18.9. The third-order valence-corrected chi connectivity index (χ3v) is 5.04. The van der Waals surface area contributed by atoms with Crippen LogP contribution in [0.4, 0.5) is 0 Å². The predicted molar refractivity (Wildman–Crippen MR) is 106 cm³/mol. The summed E-state index contributed by atoms with van der Waals surface area (Å²) in [5.41, 5.74) is 4.18. The van der Waals surface area contributed by atoms with Gasteiger partial charge in [-0.25, -0.2) is 9.97 Å². The van der Waals surface area contributed by atoms with Gasteiger partial charge in [0, 0.05) is 10.9 Å². The van der Waals surface area contributed by atoms with Gasteiger partial charge in [-0.1, -0.05) is 38.5 Å². The highest BCUT2D eigenvalue weighted by Gasteiger charge is 2.18. The number of rotatable bonds is 6. The van der Waals surface area contributed by atoms with Crippen LogP contribution in [0.15, 0.2) is 22.7 Å². The molecule has 0 aliphatic rings. The number of aryl methyl sites for hydroxylation is 1. The van der Waals surface area contributed by atoms with Gasteiger partial charge in [-0.05, 0) is 52.9 Å². The number of hydrogen-bond donors (Lipinski definition) is 1. The van der Waals surface area contributed by atoms with Crippen molar-refractivity contribution in [3.05, 3.63) is 39.8 Å². The second-order valence-electron chi connectivity index (χ2n) is 6.90. The van der Waals surface area contributed by atoms with Gasteiger partial charge >= 0.3 is 0 Å². The van der Waals surface area contributed by atoms with Crippen LogP contribution in [-0.2, 0) is 6.42 Å². The second-order valence-corrected chi connectivity index (χ2v) is 7.76. The van der Waals surface area contributed by atoms with Gasteiger partial charge < -0.3 is 5.11 Å². The van der Waals surface area contributed by atoms with Crippen molar-refractivity contribution in [1.29, 1.82) is 0 Å². The molecule has 2 aromatic heterocycles. The molecule has 0 bridgehead atoms. The number of fused-ring (bicyclic) bond motifs is 1. The van der Waals surface area contributed by atoms with Crippen LogP contribution in [0.25, 0.3) is 16.9 Å². The fourth-order valence-electron chi connectivity index (χ4n) is 3.01. The van der Waals surface area contributed by atoms with Gasteiger partial charge in [0.2, 0.25) is 0 Å². The highest BCUT2D eigenvalue weighted by molar-refractivity contribution is 9.10. The molecule has 0 saturated carbocycles. The van der Waals surface area contributed by atoms with Crippen molar-refractivity contribution < 1.29 is 5.11 Å². The van der Waals surface area contributed by atoms with Crippen LogP contribution in [0.3, 0.4) is 0 Å². The maximum Gasteiger partial charge on any atom is 0.187 e. The molecule has 0 aliphatic carbocycles. The van der Waals surface area contributed by atoms with E-state index in [4.69, 9.17) is 0 Å². The lowest BCUT2D eigenvalue weighted by Gasteiger charge is -2.11. The predicted octanol–water partition coefficient (Wildman–Crippen LogP) is 4.11. The van der Waals surface area contributed by atoms with Gasteiger partial charge in [-0.15, -0.1) is 5.10 Å². The molecule has 0 spiro atoms. The van der Waals surface area contributed by atoms with E-state index < -0.39 is 6.10 Å². The zero-order valence-electron chi connectivity index (χ0n) is 15.6. The van der Waals surface area contributed by atoms with Crippen LogP contribution < -0.4 is 0 Å². The number of aromatic nitrogens is 5. The van der Waals surface area contributed by atoms with Gasteiger partial charge in [0.15, 0.2) is 11.2 Å². The van der Waals surface area contributed by atoms with Crippen molar-refractivity contribution in [3.63, 3.8) is 0 Å². The minimum atomic E-state index is -0.431. The summed E-state index contributed by atoms with van der Waals surface area (Å²) in [5, 5.41) is 18.8. The zero-order chi connectivity index (χ0) is 18.8. The van der Waals surface area contributed by atoms with Gasteiger partial charge in [-0.3, -0.25) is 0 Å². The van der Waals surface area contributed by atoms with Crippen molar-refractivity contribution >= 4 is 27.1 Å². The molecule has 3 rings (SSSR count). The SMILES string of the molecule is CCCC(O)Cc1nc(C)nc2c1nnn2-c1ccc(C(C)C)cc1Br. The lowest BCUT2D eigenvalue weighted by Crippen LogP contribution is -2.12. The first-order valence-corrected chi connectivity index (χ1v) is 9.76. The summed E-state index contributed by atoms with van der Waals surface area (Å²) < 4.78 is 2.67. The Kier molecular flexibility index (Phi) is 5.67. The molecule has 2 heterocycles. The molecule has 138 valence electrons. The van der Waals surface area contributed by atoms with Crippen molar-refractivity contribution in [2.75, 3.05) is 0 Å². The number of halogens is 1. The quantitative estimate of drug-likeness (QED) is 0.652. The molecular formula is C19H24BrN5O. The normalized spacial score (nSPS) is 12.9. The number of hydrogen-bond acceptors (Lipinski definition) is 5. The van der Waals surface area contributed by atoms with Crippen molar-refractivity contribution in [2.24, 2.45) is 0 Å². The van der Waals surface area contributed by atoms with Crippen LogP contribution in [0.2, 0.25) is 0 Å². The average molecular weight is 418 g/mol. The summed E-state index contributed by atoms with van der Waals surface area (Å²) in [6.07, 6.45) is 1.69. The van der Waals surface area contributed by atoms with E-state index in [1.165, 1.54) is 5.56 Å². The molecule has 0 radical (unpaired) electrons. The first-order valence-electron chi connectivity index (χ1n) is 8.97. The Morgan fingerprint density at radius 3 is 2.65 bits per heavy atom. The smallest absolute Gasteiger partial charge is 0.187 e. The molecule has 1 unspecified atom stereocenters. The summed E-state index contributed by atoms with van der Waals surface area (Å²) in [4.78, 5) is 9.04. The highest BCUT2D eigenvalue weighted by atomic mass is 79.9. The zero-order valence-corrected chi connectivity index (χ0v) is 17.2. The molecule has 1 N–H and O–H groups in total. The topological polar surface area (TPSA) is 76.7 Å². The highest BCUT2D eigenvalue weighted by Crippen LogP contribution is 2.28. The van der Waals surface area contributed by atoms with Gasteiger partial charge in [0.1, 0.15) is 5.82 Å². The van der Waals surface area contributed by atoms with E-state index in [1.807, 2.05) is 13.0 Å². The molecular weight excluding hydrogens is 394 g/mol. The Hall–Kier alpha value is -1.86. The van der Waals surface area contributed by atoms with E-state index in [0.29, 0.717) is 29.3 Å². The average Bonchev–Trinajstić information content (AvgIpc) is 2.98. The first-order chi connectivity index (χ1) is 12.4. The molecule has 0 amide bonds. The van der Waals surface area contributed by atoms with E-state index in [0.717, 1.165) is 28.7 Å². The Labute approximate surface area is 161 Å². The molecule has 3 aromatic rings. The molecule has 26 heavy (non-hydrogen) atoms. The van der Waals surface area contributed by atoms with Crippen LogP contribution in [0.1, 0.15) is 56.6 Å². The number of nitrogens with zero attached hydrogens (tertiary/aromatic N) is 5. The minimum absolute atomic E-state index is 0.431. The Bertz CT molecular complexity index is 922. The summed E-state index contributed by atoms with van der Waals surface area (Å²) in [5.74, 6) is 1.10. The molecule has 7 heteroatoms. The van der Waals surface area contributed by atoms with Crippen molar-refractivity contribution in [2.45, 2.75) is 59.0 Å². The van der Waals surface area contributed by atoms with Crippen LogP contribution in [-0.4, -0.2) is 36.2 Å². The van der Waals surface area contributed by atoms with Crippen LogP contribution in [0, 0.1) is 6.92 Å². The monoisotopic (exact) mass is 417 g/mol. The Morgan fingerprint density at radius 2 is 2.00 bits per heavy atom. The van der Waals surface area contributed by atoms with E-state index in [9.17, 15) is 5.11 Å². The standard InChI is InChI=1S/C19H24BrN5O/c1-5-6-14(26)10-16-18-19(22-12(4)21-16)25(24-23-18)17-8-7-13(11(2)3)9-15(17)20/h7-9,11,14,26H,5-6,10H2,1-4H3. The molecule has 1 aromatic carbocycles. The number of aliphatic hydroxyl groups is 1. The van der Waals surface area contributed by atoms with Crippen LogP contribution >= 0.6 is 15.9 Å². The Morgan fingerprint density at radius 1 is 1.23 bits per heavy atom. The van der Waals surface area contributed by atoms with E-state index in [-0.39, 0.29) is 0 Å². The summed E-state index contributed by atoms with van der Waals surface area (Å²) >= 11 is 3.65. The maximum absolute atomic E-state index is 10.2. The molecule has 0 saturated heterocycles. The minimum Gasteiger partial charge on any atom is -0.393 e. The molecule has 6 nitrogen and oxygen atoms in total. The lowest BCUT2D eigenvalue weighted by atomic mass is 10.0. The summed E-state index contributed by atoms with van der Waals surface area (Å²) in [7, 11) is 0. The van der Waals surface area contributed by atoms with Gasteiger partial charge in [-0.2, -0.15) is 4.68 Å². The largest absolute Gasteiger partial charge is 0.393 e. The van der Waals surface area contributed by atoms with Crippen molar-refractivity contribution in [1.82, 2.24) is 25.0 Å². The van der Waals surface area contributed by atoms with Gasteiger partial charge in [0.25, 0.3) is 0 Å². The lowest BCUT2D eigenvalue weighted by molar-refractivity contribution is 0.163. The third kappa shape index (κ3) is 3.78. The third-order valence-electron chi connectivity index (χ3n) is 4.40. The summed E-state index contributed by atoms with van der Waals surface area (Å²) in [6.45, 7) is 8.23. The maximum atomic E-state index is 10.2. The molecule has 0 aliphatic heterocycles. The number of aliphatic hydroxyl groups excluding tert-OH is 1. The second kappa shape index (κ2) is 7.80. The Balaban J connectivity index is 2.07. The fourth-order valence-corrected chi connectivity index (χ4v) is 3.57. The fraction of sp³-hybridized carbons (Fsp3) is 0.474. The van der Waals surface area contributed by atoms with Crippen molar-refractivity contribution in [3.8, 4) is 5.69 Å². The van der Waals surface area contributed by atoms with E-state index in [2.05, 4.69) is 69.1 Å². The van der Waals surface area contributed by atoms with Crippen LogP contribution in [0.5, 0.6) is 0 Å².